The zero-order valence-electron chi connectivity index (χ0n) is 8.27. The van der Waals surface area contributed by atoms with Gasteiger partial charge < -0.3 is 14.9 Å². The van der Waals surface area contributed by atoms with Crippen molar-refractivity contribution in [2.75, 3.05) is 6.54 Å². The Morgan fingerprint density at radius 2 is 2.40 bits per heavy atom. The Hall–Kier alpha value is -1.85. The largest absolute Gasteiger partial charge is 0.481 e. The fourth-order valence-corrected chi connectivity index (χ4v) is 1.06. The third-order valence-corrected chi connectivity index (χ3v) is 1.80. The lowest BCUT2D eigenvalue weighted by atomic mass is 10.1. The van der Waals surface area contributed by atoms with Crippen LogP contribution in [-0.4, -0.2) is 28.7 Å². The van der Waals surface area contributed by atoms with E-state index in [0.29, 0.717) is 6.54 Å². The number of hydrogen-bond acceptors (Lipinski definition) is 4. The van der Waals surface area contributed by atoms with E-state index in [1.54, 1.807) is 6.92 Å². The molecule has 0 spiro atoms. The van der Waals surface area contributed by atoms with Crippen molar-refractivity contribution < 1.29 is 19.2 Å². The van der Waals surface area contributed by atoms with Crippen molar-refractivity contribution in [3.8, 4) is 0 Å². The van der Waals surface area contributed by atoms with E-state index in [1.165, 1.54) is 12.3 Å². The van der Waals surface area contributed by atoms with E-state index in [-0.39, 0.29) is 23.9 Å². The van der Waals surface area contributed by atoms with Crippen LogP contribution in [0.25, 0.3) is 0 Å². The second-order valence-corrected chi connectivity index (χ2v) is 3.30. The number of aromatic nitrogens is 1. The van der Waals surface area contributed by atoms with Gasteiger partial charge in [0.1, 0.15) is 6.26 Å². The quantitative estimate of drug-likeness (QED) is 0.742. The Kier molecular flexibility index (Phi) is 3.84. The number of nitrogens with zero attached hydrogens (tertiary/aromatic N) is 1. The zero-order valence-corrected chi connectivity index (χ0v) is 8.27. The molecule has 0 aliphatic heterocycles. The molecule has 82 valence electrons. The molecule has 1 aromatic heterocycles. The standard InChI is InChI=1S/C9H12N2O4/c1-6(4-8(12)13)5-10-9(14)7-2-3-15-11-7/h2-3,6H,4-5H2,1H3,(H,10,14)(H,12,13). The zero-order chi connectivity index (χ0) is 11.3. The molecule has 0 saturated carbocycles. The van der Waals surface area contributed by atoms with Crippen LogP contribution in [0.15, 0.2) is 16.9 Å². The number of amides is 1. The number of hydrogen-bond donors (Lipinski definition) is 2. The average molecular weight is 212 g/mol. The molecular weight excluding hydrogens is 200 g/mol. The maximum atomic E-state index is 11.3. The highest BCUT2D eigenvalue weighted by molar-refractivity contribution is 5.91. The predicted octanol–water partition coefficient (Wildman–Crippen LogP) is 0.515. The van der Waals surface area contributed by atoms with Gasteiger partial charge in [0, 0.05) is 19.0 Å². The van der Waals surface area contributed by atoms with Crippen LogP contribution < -0.4 is 5.32 Å². The predicted molar refractivity (Wildman–Crippen MR) is 50.3 cm³/mol. The van der Waals surface area contributed by atoms with E-state index in [4.69, 9.17) is 5.11 Å². The first-order chi connectivity index (χ1) is 7.09. The minimum atomic E-state index is -0.877. The Labute approximate surface area is 86.3 Å². The molecule has 0 bridgehead atoms. The maximum Gasteiger partial charge on any atom is 0.303 e. The van der Waals surface area contributed by atoms with Crippen molar-refractivity contribution >= 4 is 11.9 Å². The summed E-state index contributed by atoms with van der Waals surface area (Å²) < 4.78 is 4.50. The SMILES string of the molecule is CC(CNC(=O)c1ccon1)CC(=O)O. The fraction of sp³-hybridized carbons (Fsp3) is 0.444. The number of rotatable bonds is 5. The van der Waals surface area contributed by atoms with E-state index < -0.39 is 5.97 Å². The van der Waals surface area contributed by atoms with Gasteiger partial charge in [0.2, 0.25) is 0 Å². The highest BCUT2D eigenvalue weighted by atomic mass is 16.5. The number of aliphatic carboxylic acids is 1. The van der Waals surface area contributed by atoms with Gasteiger partial charge in [0.15, 0.2) is 5.69 Å². The van der Waals surface area contributed by atoms with E-state index in [9.17, 15) is 9.59 Å². The molecule has 1 rings (SSSR count). The fourth-order valence-electron chi connectivity index (χ4n) is 1.06. The second kappa shape index (κ2) is 5.14. The normalized spacial score (nSPS) is 12.1. The van der Waals surface area contributed by atoms with Crippen molar-refractivity contribution in [2.45, 2.75) is 13.3 Å². The van der Waals surface area contributed by atoms with Crippen molar-refractivity contribution in [1.82, 2.24) is 10.5 Å². The first-order valence-electron chi connectivity index (χ1n) is 4.50. The average Bonchev–Trinajstić information content (AvgIpc) is 2.65. The Balaban J connectivity index is 2.31. The Morgan fingerprint density at radius 1 is 1.67 bits per heavy atom. The maximum absolute atomic E-state index is 11.3. The molecule has 1 unspecified atom stereocenters. The summed E-state index contributed by atoms with van der Waals surface area (Å²) in [6.45, 7) is 2.05. The van der Waals surface area contributed by atoms with Gasteiger partial charge in [-0.15, -0.1) is 0 Å². The van der Waals surface area contributed by atoms with Crippen molar-refractivity contribution in [1.29, 1.82) is 0 Å². The number of carboxylic acids is 1. The molecule has 0 radical (unpaired) electrons. The lowest BCUT2D eigenvalue weighted by Crippen LogP contribution is -2.29. The van der Waals surface area contributed by atoms with E-state index in [2.05, 4.69) is 15.0 Å². The van der Waals surface area contributed by atoms with Crippen molar-refractivity contribution in [3.63, 3.8) is 0 Å². The number of nitrogens with one attached hydrogen (secondary N) is 1. The van der Waals surface area contributed by atoms with Gasteiger partial charge in [0.25, 0.3) is 5.91 Å². The summed E-state index contributed by atoms with van der Waals surface area (Å²) in [6, 6.07) is 1.44. The summed E-state index contributed by atoms with van der Waals surface area (Å²) in [5.41, 5.74) is 0.192. The van der Waals surface area contributed by atoms with Gasteiger partial charge in [-0.1, -0.05) is 12.1 Å². The molecule has 2 N–H and O–H groups in total. The summed E-state index contributed by atoms with van der Waals surface area (Å²) in [5.74, 6) is -1.35. The summed E-state index contributed by atoms with van der Waals surface area (Å²) in [5, 5.41) is 14.5. The summed E-state index contributed by atoms with van der Waals surface area (Å²) in [7, 11) is 0. The van der Waals surface area contributed by atoms with Crippen molar-refractivity contribution in [2.24, 2.45) is 5.92 Å². The van der Waals surface area contributed by atoms with E-state index >= 15 is 0 Å². The molecule has 1 aromatic rings. The van der Waals surface area contributed by atoms with Crippen LogP contribution in [0.4, 0.5) is 0 Å². The van der Waals surface area contributed by atoms with Gasteiger partial charge in [-0.25, -0.2) is 0 Å². The van der Waals surface area contributed by atoms with Crippen LogP contribution in [-0.2, 0) is 4.79 Å². The summed E-state index contributed by atoms with van der Waals surface area (Å²) in [6.07, 6.45) is 1.33. The molecule has 15 heavy (non-hydrogen) atoms. The topological polar surface area (TPSA) is 92.4 Å². The highest BCUT2D eigenvalue weighted by Gasteiger charge is 2.12. The van der Waals surface area contributed by atoms with E-state index in [0.717, 1.165) is 0 Å². The Bertz CT molecular complexity index is 334. The summed E-state index contributed by atoms with van der Waals surface area (Å²) >= 11 is 0. The third kappa shape index (κ3) is 3.80. The number of carbonyl (C=O) groups is 2. The molecule has 0 aliphatic rings. The Morgan fingerprint density at radius 3 is 2.93 bits per heavy atom. The van der Waals surface area contributed by atoms with Gasteiger partial charge >= 0.3 is 5.97 Å². The molecule has 1 amide bonds. The van der Waals surface area contributed by atoms with Gasteiger partial charge in [0.05, 0.1) is 0 Å². The second-order valence-electron chi connectivity index (χ2n) is 3.30. The monoisotopic (exact) mass is 212 g/mol. The van der Waals surface area contributed by atoms with Crippen LogP contribution >= 0.6 is 0 Å². The van der Waals surface area contributed by atoms with Crippen LogP contribution in [0.2, 0.25) is 0 Å². The van der Waals surface area contributed by atoms with Crippen molar-refractivity contribution in [3.05, 3.63) is 18.0 Å². The first-order valence-corrected chi connectivity index (χ1v) is 4.50. The number of carboxylic acid groups (broad SMARTS) is 1. The molecule has 0 aromatic carbocycles. The van der Waals surface area contributed by atoms with Gasteiger partial charge in [-0.2, -0.15) is 0 Å². The molecule has 1 atom stereocenters. The summed E-state index contributed by atoms with van der Waals surface area (Å²) in [4.78, 5) is 21.7. The van der Waals surface area contributed by atoms with Gasteiger partial charge in [-0.3, -0.25) is 9.59 Å². The van der Waals surface area contributed by atoms with E-state index in [1.807, 2.05) is 0 Å². The third-order valence-electron chi connectivity index (χ3n) is 1.80. The lowest BCUT2D eigenvalue weighted by Gasteiger charge is -2.08. The molecule has 0 aliphatic carbocycles. The molecular formula is C9H12N2O4. The van der Waals surface area contributed by atoms with Crippen LogP contribution in [0.3, 0.4) is 0 Å². The number of carbonyl (C=O) groups excluding carboxylic acids is 1. The first kappa shape index (κ1) is 11.2. The minimum absolute atomic E-state index is 0.0269. The minimum Gasteiger partial charge on any atom is -0.481 e. The van der Waals surface area contributed by atoms with Crippen LogP contribution in [0, 0.1) is 5.92 Å². The van der Waals surface area contributed by atoms with Gasteiger partial charge in [-0.05, 0) is 5.92 Å². The molecule has 0 saturated heterocycles. The molecule has 1 heterocycles. The lowest BCUT2D eigenvalue weighted by molar-refractivity contribution is -0.137. The highest BCUT2D eigenvalue weighted by Crippen LogP contribution is 2.00. The molecule has 0 fully saturated rings. The van der Waals surface area contributed by atoms with Crippen LogP contribution in [0.5, 0.6) is 0 Å². The van der Waals surface area contributed by atoms with Crippen LogP contribution in [0.1, 0.15) is 23.8 Å². The smallest absolute Gasteiger partial charge is 0.303 e. The molecule has 6 nitrogen and oxygen atoms in total. The molecule has 6 heteroatoms.